The first-order valence-corrected chi connectivity index (χ1v) is 13.2. The second kappa shape index (κ2) is 9.34. The maximum absolute atomic E-state index is 4.87. The zero-order valence-corrected chi connectivity index (χ0v) is 21.4. The van der Waals surface area contributed by atoms with Gasteiger partial charge >= 0.3 is 0 Å². The molecule has 0 fully saturated rings. The van der Waals surface area contributed by atoms with Gasteiger partial charge in [-0.1, -0.05) is 66.7 Å². The zero-order valence-electron chi connectivity index (χ0n) is 21.4. The fourth-order valence-corrected chi connectivity index (χ4v) is 5.84. The zero-order chi connectivity index (χ0) is 25.5. The molecule has 4 heterocycles. The number of aryl methyl sites for hydroxylation is 3. The lowest BCUT2D eigenvalue weighted by molar-refractivity contribution is 0.677. The summed E-state index contributed by atoms with van der Waals surface area (Å²) < 4.78 is 4.65. The minimum absolute atomic E-state index is 0.608. The van der Waals surface area contributed by atoms with Gasteiger partial charge in [0.05, 0.1) is 29.5 Å². The molecule has 0 atom stereocenters. The molecule has 7 aromatic rings. The van der Waals surface area contributed by atoms with Gasteiger partial charge in [-0.25, -0.2) is 4.98 Å². The highest BCUT2D eigenvalue weighted by Crippen LogP contribution is 2.32. The minimum Gasteiger partial charge on any atom is -0.363 e. The Morgan fingerprint density at radius 2 is 1.45 bits per heavy atom. The van der Waals surface area contributed by atoms with E-state index in [9.17, 15) is 0 Å². The maximum atomic E-state index is 4.87. The van der Waals surface area contributed by atoms with Gasteiger partial charge in [0, 0.05) is 52.4 Å². The fraction of sp³-hybridized carbons (Fsp3) is 0.152. The van der Waals surface area contributed by atoms with Gasteiger partial charge in [0.1, 0.15) is 0 Å². The quantitative estimate of drug-likeness (QED) is 0.249. The third-order valence-electron chi connectivity index (χ3n) is 7.66. The van der Waals surface area contributed by atoms with Crippen LogP contribution >= 0.6 is 0 Å². The topological polar surface area (TPSA) is 47.7 Å². The van der Waals surface area contributed by atoms with Gasteiger partial charge in [-0.15, -0.1) is 0 Å². The van der Waals surface area contributed by atoms with Crippen LogP contribution < -0.4 is 5.32 Å². The molecule has 38 heavy (non-hydrogen) atoms. The predicted molar refractivity (Wildman–Crippen MR) is 158 cm³/mol. The Labute approximate surface area is 221 Å². The molecule has 5 nitrogen and oxygen atoms in total. The van der Waals surface area contributed by atoms with E-state index in [0.29, 0.717) is 6.54 Å². The van der Waals surface area contributed by atoms with Crippen LogP contribution in [0.25, 0.3) is 43.6 Å². The van der Waals surface area contributed by atoms with E-state index in [1.54, 1.807) is 0 Å². The molecule has 3 aromatic carbocycles. The number of rotatable bonds is 7. The molecule has 0 spiro atoms. The summed E-state index contributed by atoms with van der Waals surface area (Å²) in [5, 5.41) is 8.56. The molecule has 0 aliphatic rings. The third kappa shape index (κ3) is 3.79. The molecule has 0 aliphatic heterocycles. The SMILES string of the molecule is Cn1c2ccccc2c2ccnc(NCc3cc4c5ccccc5n(CCCc5ccccc5)c4cn3)c21. The summed E-state index contributed by atoms with van der Waals surface area (Å²) in [5.41, 5.74) is 7.17. The molecule has 186 valence electrons. The van der Waals surface area contributed by atoms with Crippen LogP contribution in [0.1, 0.15) is 17.7 Å². The highest BCUT2D eigenvalue weighted by molar-refractivity contribution is 6.11. The fourth-order valence-electron chi connectivity index (χ4n) is 5.84. The Hall–Kier alpha value is -4.64. The van der Waals surface area contributed by atoms with Gasteiger partial charge in [-0.05, 0) is 42.7 Å². The molecule has 0 radical (unpaired) electrons. The summed E-state index contributed by atoms with van der Waals surface area (Å²) in [5.74, 6) is 0.881. The van der Waals surface area contributed by atoms with E-state index in [4.69, 9.17) is 4.98 Å². The molecule has 7 rings (SSSR count). The number of hydrogen-bond acceptors (Lipinski definition) is 3. The number of nitrogens with one attached hydrogen (secondary N) is 1. The standard InChI is InChI=1S/C33H29N5/c1-37-29-15-7-5-13-25(29)27-17-18-34-33(32(27)37)36-21-24-20-28-26-14-6-8-16-30(26)38(31(28)22-35-24)19-9-12-23-10-3-2-4-11-23/h2-8,10-11,13-18,20,22H,9,12,19,21H2,1H3,(H,34,36). The first-order valence-electron chi connectivity index (χ1n) is 13.2. The van der Waals surface area contributed by atoms with Crippen LogP contribution in [0.5, 0.6) is 0 Å². The molecule has 0 unspecified atom stereocenters. The second-order valence-corrected chi connectivity index (χ2v) is 9.94. The molecule has 0 amide bonds. The van der Waals surface area contributed by atoms with E-state index in [1.807, 2.05) is 12.4 Å². The molecular formula is C33H29N5. The van der Waals surface area contributed by atoms with Gasteiger partial charge in [0.25, 0.3) is 0 Å². The Morgan fingerprint density at radius 3 is 2.29 bits per heavy atom. The number of fused-ring (bicyclic) bond motifs is 6. The van der Waals surface area contributed by atoms with Crippen molar-refractivity contribution in [2.75, 3.05) is 5.32 Å². The van der Waals surface area contributed by atoms with Crippen molar-refractivity contribution in [1.29, 1.82) is 0 Å². The largest absolute Gasteiger partial charge is 0.363 e. The Morgan fingerprint density at radius 1 is 0.711 bits per heavy atom. The van der Waals surface area contributed by atoms with Gasteiger partial charge < -0.3 is 14.5 Å². The number of para-hydroxylation sites is 2. The molecule has 0 bridgehead atoms. The molecule has 1 N–H and O–H groups in total. The molecular weight excluding hydrogens is 466 g/mol. The van der Waals surface area contributed by atoms with Crippen molar-refractivity contribution in [3.63, 3.8) is 0 Å². The lowest BCUT2D eigenvalue weighted by atomic mass is 10.1. The summed E-state index contributed by atoms with van der Waals surface area (Å²) >= 11 is 0. The number of benzene rings is 3. The number of pyridine rings is 2. The first kappa shape index (κ1) is 22.5. The smallest absolute Gasteiger partial charge is 0.150 e. The summed E-state index contributed by atoms with van der Waals surface area (Å²) in [7, 11) is 2.11. The molecule has 0 aliphatic carbocycles. The van der Waals surface area contributed by atoms with Crippen molar-refractivity contribution in [3.05, 3.63) is 115 Å². The minimum atomic E-state index is 0.608. The third-order valence-corrected chi connectivity index (χ3v) is 7.66. The van der Waals surface area contributed by atoms with E-state index in [0.717, 1.165) is 36.4 Å². The lowest BCUT2D eigenvalue weighted by Crippen LogP contribution is -2.05. The summed E-state index contributed by atoms with van der Waals surface area (Å²) in [6.45, 7) is 1.57. The van der Waals surface area contributed by atoms with Gasteiger partial charge in [-0.3, -0.25) is 4.98 Å². The maximum Gasteiger partial charge on any atom is 0.150 e. The molecule has 0 saturated heterocycles. The summed E-state index contributed by atoms with van der Waals surface area (Å²) in [4.78, 5) is 9.56. The van der Waals surface area contributed by atoms with Crippen LogP contribution in [-0.2, 0) is 26.6 Å². The number of anilines is 1. The highest BCUT2D eigenvalue weighted by atomic mass is 15.1. The van der Waals surface area contributed by atoms with E-state index >= 15 is 0 Å². The average molecular weight is 496 g/mol. The average Bonchev–Trinajstić information content (AvgIpc) is 3.45. The Balaban J connectivity index is 1.19. The van der Waals surface area contributed by atoms with Gasteiger partial charge in [0.2, 0.25) is 0 Å². The Kier molecular flexibility index (Phi) is 5.54. The van der Waals surface area contributed by atoms with Crippen LogP contribution in [0.2, 0.25) is 0 Å². The van der Waals surface area contributed by atoms with E-state index < -0.39 is 0 Å². The van der Waals surface area contributed by atoms with Crippen molar-refractivity contribution < 1.29 is 0 Å². The number of nitrogens with zero attached hydrogens (tertiary/aromatic N) is 4. The predicted octanol–water partition coefficient (Wildman–Crippen LogP) is 7.47. The van der Waals surface area contributed by atoms with Crippen LogP contribution in [0.3, 0.4) is 0 Å². The van der Waals surface area contributed by atoms with E-state index in [-0.39, 0.29) is 0 Å². The second-order valence-electron chi connectivity index (χ2n) is 9.94. The van der Waals surface area contributed by atoms with Gasteiger partial charge in [0.15, 0.2) is 5.82 Å². The van der Waals surface area contributed by atoms with Crippen molar-refractivity contribution in [2.45, 2.75) is 25.9 Å². The first-order chi connectivity index (χ1) is 18.8. The number of aromatic nitrogens is 4. The van der Waals surface area contributed by atoms with Crippen molar-refractivity contribution in [2.24, 2.45) is 7.05 Å². The van der Waals surface area contributed by atoms with Crippen LogP contribution in [-0.4, -0.2) is 19.1 Å². The Bertz CT molecular complexity index is 1910. The van der Waals surface area contributed by atoms with Crippen molar-refractivity contribution in [1.82, 2.24) is 19.1 Å². The molecule has 4 aromatic heterocycles. The molecule has 0 saturated carbocycles. The van der Waals surface area contributed by atoms with Gasteiger partial charge in [-0.2, -0.15) is 0 Å². The van der Waals surface area contributed by atoms with Crippen LogP contribution in [0.15, 0.2) is 103 Å². The number of hydrogen-bond donors (Lipinski definition) is 1. The van der Waals surface area contributed by atoms with Crippen molar-refractivity contribution in [3.8, 4) is 0 Å². The molecule has 5 heteroatoms. The highest BCUT2D eigenvalue weighted by Gasteiger charge is 2.14. The van der Waals surface area contributed by atoms with Crippen LogP contribution in [0, 0.1) is 0 Å². The van der Waals surface area contributed by atoms with Crippen molar-refractivity contribution >= 4 is 49.4 Å². The monoisotopic (exact) mass is 495 g/mol. The summed E-state index contributed by atoms with van der Waals surface area (Å²) in [6, 6.07) is 32.3. The van der Waals surface area contributed by atoms with E-state index in [2.05, 4.69) is 117 Å². The normalized spacial score (nSPS) is 11.7. The van der Waals surface area contributed by atoms with E-state index in [1.165, 1.54) is 43.7 Å². The lowest BCUT2D eigenvalue weighted by Gasteiger charge is -2.10. The summed E-state index contributed by atoms with van der Waals surface area (Å²) in [6.07, 6.45) is 6.08. The van der Waals surface area contributed by atoms with Crippen LogP contribution in [0.4, 0.5) is 5.82 Å².